The van der Waals surface area contributed by atoms with Crippen molar-refractivity contribution in [3.05, 3.63) is 24.0 Å². The van der Waals surface area contributed by atoms with Crippen molar-refractivity contribution < 1.29 is 4.74 Å². The van der Waals surface area contributed by atoms with Gasteiger partial charge in [-0.05, 0) is 18.6 Å². The van der Waals surface area contributed by atoms with Crippen molar-refractivity contribution >= 4 is 22.6 Å². The summed E-state index contributed by atoms with van der Waals surface area (Å²) in [6, 6.07) is 5.95. The zero-order valence-corrected chi connectivity index (χ0v) is 11.7. The Morgan fingerprint density at radius 3 is 2.83 bits per heavy atom. The molecule has 0 saturated carbocycles. The smallest absolute Gasteiger partial charge is 0.124 e. The first-order valence-electron chi connectivity index (χ1n) is 6.39. The number of benzene rings is 1. The summed E-state index contributed by atoms with van der Waals surface area (Å²) in [5.41, 5.74) is 2.10. The second kappa shape index (κ2) is 6.10. The Balaban J connectivity index is 2.38. The van der Waals surface area contributed by atoms with Crippen LogP contribution in [0.15, 0.2) is 18.2 Å². The maximum Gasteiger partial charge on any atom is 0.124 e. The molecule has 0 aliphatic carbocycles. The Morgan fingerprint density at radius 2 is 2.17 bits per heavy atom. The molecule has 0 aliphatic heterocycles. The van der Waals surface area contributed by atoms with Crippen LogP contribution in [-0.2, 0) is 12.4 Å². The lowest BCUT2D eigenvalue weighted by molar-refractivity contribution is 0.415. The molecule has 0 spiro atoms. The van der Waals surface area contributed by atoms with Crippen molar-refractivity contribution in [3.63, 3.8) is 0 Å². The van der Waals surface area contributed by atoms with Crippen molar-refractivity contribution in [3.8, 4) is 5.75 Å². The van der Waals surface area contributed by atoms with E-state index in [1.165, 1.54) is 12.8 Å². The zero-order chi connectivity index (χ0) is 13.0. The number of ether oxygens (including phenoxy) is 1. The third-order valence-electron chi connectivity index (χ3n) is 3.14. The summed E-state index contributed by atoms with van der Waals surface area (Å²) in [6.07, 6.45) is 3.60. The van der Waals surface area contributed by atoms with E-state index in [2.05, 4.69) is 16.5 Å². The van der Waals surface area contributed by atoms with E-state index < -0.39 is 0 Å². The van der Waals surface area contributed by atoms with Crippen molar-refractivity contribution in [1.82, 2.24) is 9.55 Å². The van der Waals surface area contributed by atoms with Gasteiger partial charge < -0.3 is 9.30 Å². The fourth-order valence-corrected chi connectivity index (χ4v) is 2.35. The average molecular weight is 267 g/mol. The summed E-state index contributed by atoms with van der Waals surface area (Å²) in [7, 11) is 1.68. The molecule has 0 amide bonds. The van der Waals surface area contributed by atoms with Crippen LogP contribution < -0.4 is 4.74 Å². The first-order valence-corrected chi connectivity index (χ1v) is 6.92. The molecule has 98 valence electrons. The number of fused-ring (bicyclic) bond motifs is 1. The van der Waals surface area contributed by atoms with E-state index in [1.807, 2.05) is 18.2 Å². The first kappa shape index (κ1) is 13.2. The van der Waals surface area contributed by atoms with Crippen LogP contribution in [0.3, 0.4) is 0 Å². The Morgan fingerprint density at radius 1 is 1.33 bits per heavy atom. The first-order chi connectivity index (χ1) is 8.80. The van der Waals surface area contributed by atoms with E-state index in [4.69, 9.17) is 16.3 Å². The molecular formula is C14H19ClN2O. The van der Waals surface area contributed by atoms with Crippen molar-refractivity contribution in [2.75, 3.05) is 7.11 Å². The number of aryl methyl sites for hydroxylation is 1. The maximum absolute atomic E-state index is 5.98. The number of imidazole rings is 1. The number of rotatable bonds is 6. The SMILES string of the molecule is CCCCCn1c(CCl)nc2ccc(OC)cc21. The number of alkyl halides is 1. The third kappa shape index (κ3) is 2.61. The molecule has 1 heterocycles. The maximum atomic E-state index is 5.98. The summed E-state index contributed by atoms with van der Waals surface area (Å²) < 4.78 is 7.48. The highest BCUT2D eigenvalue weighted by Crippen LogP contribution is 2.23. The van der Waals surface area contributed by atoms with Crippen LogP contribution in [0.2, 0.25) is 0 Å². The Hall–Kier alpha value is -1.22. The number of aromatic nitrogens is 2. The quantitative estimate of drug-likeness (QED) is 0.584. The minimum atomic E-state index is 0.448. The standard InChI is InChI=1S/C14H19ClN2O/c1-3-4-5-8-17-13-9-11(18-2)6-7-12(13)16-14(17)10-15/h6-7,9H,3-5,8,10H2,1-2H3. The van der Waals surface area contributed by atoms with Gasteiger partial charge in [-0.1, -0.05) is 19.8 Å². The highest BCUT2D eigenvalue weighted by atomic mass is 35.5. The van der Waals surface area contributed by atoms with Crippen LogP contribution in [0.4, 0.5) is 0 Å². The normalized spacial score (nSPS) is 11.1. The van der Waals surface area contributed by atoms with E-state index >= 15 is 0 Å². The van der Waals surface area contributed by atoms with Gasteiger partial charge >= 0.3 is 0 Å². The number of hydrogen-bond acceptors (Lipinski definition) is 2. The van der Waals surface area contributed by atoms with E-state index in [9.17, 15) is 0 Å². The Labute approximate surface area is 113 Å². The van der Waals surface area contributed by atoms with Crippen LogP contribution in [0.1, 0.15) is 32.0 Å². The molecule has 0 atom stereocenters. The molecule has 4 heteroatoms. The third-order valence-corrected chi connectivity index (χ3v) is 3.38. The molecule has 1 aromatic heterocycles. The Kier molecular flexibility index (Phi) is 4.48. The second-order valence-electron chi connectivity index (χ2n) is 4.38. The lowest BCUT2D eigenvalue weighted by atomic mass is 10.2. The van der Waals surface area contributed by atoms with Crippen LogP contribution in [0.25, 0.3) is 11.0 Å². The number of nitrogens with zero attached hydrogens (tertiary/aromatic N) is 2. The molecule has 0 N–H and O–H groups in total. The topological polar surface area (TPSA) is 27.1 Å². The molecule has 0 aliphatic rings. The molecule has 3 nitrogen and oxygen atoms in total. The van der Waals surface area contributed by atoms with Gasteiger partial charge in [-0.15, -0.1) is 11.6 Å². The van der Waals surface area contributed by atoms with Gasteiger partial charge in [0.25, 0.3) is 0 Å². The molecule has 0 saturated heterocycles. The fourth-order valence-electron chi connectivity index (χ4n) is 2.15. The van der Waals surface area contributed by atoms with Gasteiger partial charge in [-0.25, -0.2) is 4.98 Å². The van der Waals surface area contributed by atoms with Crippen LogP contribution in [0, 0.1) is 0 Å². The summed E-state index contributed by atoms with van der Waals surface area (Å²) in [4.78, 5) is 4.56. The average Bonchev–Trinajstić information content (AvgIpc) is 2.76. The van der Waals surface area contributed by atoms with Gasteiger partial charge in [-0.2, -0.15) is 0 Å². The van der Waals surface area contributed by atoms with Gasteiger partial charge in [0, 0.05) is 12.6 Å². The highest BCUT2D eigenvalue weighted by Gasteiger charge is 2.10. The lowest BCUT2D eigenvalue weighted by Gasteiger charge is -2.07. The zero-order valence-electron chi connectivity index (χ0n) is 10.9. The molecule has 1 aromatic carbocycles. The molecule has 0 bridgehead atoms. The van der Waals surface area contributed by atoms with Crippen molar-refractivity contribution in [1.29, 1.82) is 0 Å². The summed E-state index contributed by atoms with van der Waals surface area (Å²) in [5, 5.41) is 0. The van der Waals surface area contributed by atoms with E-state index in [-0.39, 0.29) is 0 Å². The van der Waals surface area contributed by atoms with E-state index in [0.717, 1.165) is 35.6 Å². The van der Waals surface area contributed by atoms with Gasteiger partial charge in [0.1, 0.15) is 11.6 Å². The molecule has 0 radical (unpaired) electrons. The van der Waals surface area contributed by atoms with E-state index in [1.54, 1.807) is 7.11 Å². The summed E-state index contributed by atoms with van der Waals surface area (Å²) in [5.74, 6) is 2.25. The fraction of sp³-hybridized carbons (Fsp3) is 0.500. The lowest BCUT2D eigenvalue weighted by Crippen LogP contribution is -2.02. The van der Waals surface area contributed by atoms with Crippen molar-refractivity contribution in [2.45, 2.75) is 38.6 Å². The number of hydrogen-bond donors (Lipinski definition) is 0. The van der Waals surface area contributed by atoms with Gasteiger partial charge in [0.05, 0.1) is 24.0 Å². The predicted molar refractivity (Wildman–Crippen MR) is 75.4 cm³/mol. The van der Waals surface area contributed by atoms with Gasteiger partial charge in [0.2, 0.25) is 0 Å². The minimum absolute atomic E-state index is 0.448. The van der Waals surface area contributed by atoms with Crippen molar-refractivity contribution in [2.24, 2.45) is 0 Å². The van der Waals surface area contributed by atoms with Crippen LogP contribution in [0.5, 0.6) is 5.75 Å². The second-order valence-corrected chi connectivity index (χ2v) is 4.64. The largest absolute Gasteiger partial charge is 0.497 e. The molecule has 2 rings (SSSR count). The molecule has 0 fully saturated rings. The molecule has 18 heavy (non-hydrogen) atoms. The number of halogens is 1. The Bertz CT molecular complexity index is 522. The molecule has 0 unspecified atom stereocenters. The van der Waals surface area contributed by atoms with E-state index in [0.29, 0.717) is 5.88 Å². The molecule has 2 aromatic rings. The number of methoxy groups -OCH3 is 1. The predicted octanol–water partition coefficient (Wildman–Crippen LogP) is 3.97. The van der Waals surface area contributed by atoms with Crippen LogP contribution in [-0.4, -0.2) is 16.7 Å². The summed E-state index contributed by atoms with van der Waals surface area (Å²) in [6.45, 7) is 3.18. The van der Waals surface area contributed by atoms with Crippen LogP contribution >= 0.6 is 11.6 Å². The highest BCUT2D eigenvalue weighted by molar-refractivity contribution is 6.16. The minimum Gasteiger partial charge on any atom is -0.497 e. The van der Waals surface area contributed by atoms with Gasteiger partial charge in [-0.3, -0.25) is 0 Å². The number of unbranched alkanes of at least 4 members (excludes halogenated alkanes) is 2. The molecular weight excluding hydrogens is 248 g/mol. The monoisotopic (exact) mass is 266 g/mol. The van der Waals surface area contributed by atoms with Gasteiger partial charge in [0.15, 0.2) is 0 Å². The summed E-state index contributed by atoms with van der Waals surface area (Å²) >= 11 is 5.98.